The monoisotopic (exact) mass is 219 g/mol. The quantitative estimate of drug-likeness (QED) is 0.839. The third kappa shape index (κ3) is 2.83. The van der Waals surface area contributed by atoms with Crippen LogP contribution in [-0.4, -0.2) is 29.7 Å². The molecule has 2 rings (SSSR count). The van der Waals surface area contributed by atoms with Gasteiger partial charge in [-0.3, -0.25) is 0 Å². The third-order valence-corrected chi connectivity index (χ3v) is 3.48. The Labute approximate surface area is 97.9 Å². The van der Waals surface area contributed by atoms with Gasteiger partial charge in [0, 0.05) is 13.1 Å². The Hall–Kier alpha value is -0.860. The van der Waals surface area contributed by atoms with Crippen LogP contribution in [0.4, 0.5) is 0 Å². The maximum absolute atomic E-state index is 9.25. The van der Waals surface area contributed by atoms with Crippen molar-refractivity contribution in [2.24, 2.45) is 5.92 Å². The fourth-order valence-electron chi connectivity index (χ4n) is 2.43. The molecule has 0 saturated heterocycles. The summed E-state index contributed by atoms with van der Waals surface area (Å²) in [6.45, 7) is 4.28. The zero-order valence-electron chi connectivity index (χ0n) is 10.2. The highest BCUT2D eigenvalue weighted by Gasteiger charge is 2.27. The van der Waals surface area contributed by atoms with Gasteiger partial charge in [-0.15, -0.1) is 0 Å². The van der Waals surface area contributed by atoms with Crippen LogP contribution in [0.3, 0.4) is 0 Å². The molecule has 0 unspecified atom stereocenters. The Bertz CT molecular complexity index is 344. The molecule has 1 aliphatic rings. The van der Waals surface area contributed by atoms with Gasteiger partial charge in [0.2, 0.25) is 0 Å². The highest BCUT2D eigenvalue weighted by atomic mass is 16.3. The lowest BCUT2D eigenvalue weighted by molar-refractivity contribution is 0.0273. The molecule has 16 heavy (non-hydrogen) atoms. The zero-order valence-corrected chi connectivity index (χ0v) is 10.2. The van der Waals surface area contributed by atoms with Gasteiger partial charge in [-0.2, -0.15) is 0 Å². The van der Waals surface area contributed by atoms with Gasteiger partial charge in [-0.1, -0.05) is 24.3 Å². The first-order chi connectivity index (χ1) is 7.65. The molecule has 1 saturated carbocycles. The Kier molecular flexibility index (Phi) is 3.62. The van der Waals surface area contributed by atoms with Crippen LogP contribution < -0.4 is 0 Å². The molecule has 1 aliphatic carbocycles. The Morgan fingerprint density at radius 2 is 2.00 bits per heavy atom. The average molecular weight is 219 g/mol. The number of aryl methyl sites for hydroxylation is 1. The van der Waals surface area contributed by atoms with Crippen LogP contribution in [0, 0.1) is 12.8 Å². The zero-order chi connectivity index (χ0) is 11.5. The standard InChI is InChI=1S/C14H21NO/c1-11-5-3-4-6-13(11)10-15(2)9-12-7-14(16)8-12/h3-6,12,14,16H,7-10H2,1-2H3. The molecule has 0 bridgehead atoms. The predicted molar refractivity (Wildman–Crippen MR) is 66.2 cm³/mol. The first-order valence-electron chi connectivity index (χ1n) is 6.06. The third-order valence-electron chi connectivity index (χ3n) is 3.48. The summed E-state index contributed by atoms with van der Waals surface area (Å²) in [6.07, 6.45) is 1.94. The van der Waals surface area contributed by atoms with Crippen molar-refractivity contribution in [2.75, 3.05) is 13.6 Å². The van der Waals surface area contributed by atoms with Crippen molar-refractivity contribution in [3.63, 3.8) is 0 Å². The molecule has 0 spiro atoms. The van der Waals surface area contributed by atoms with Crippen LogP contribution in [0.5, 0.6) is 0 Å². The minimum atomic E-state index is -0.0307. The van der Waals surface area contributed by atoms with Gasteiger partial charge in [0.25, 0.3) is 0 Å². The van der Waals surface area contributed by atoms with Crippen molar-refractivity contribution in [2.45, 2.75) is 32.4 Å². The van der Waals surface area contributed by atoms with Crippen molar-refractivity contribution >= 4 is 0 Å². The molecule has 0 heterocycles. The molecule has 0 atom stereocenters. The normalized spacial score (nSPS) is 24.5. The number of rotatable bonds is 4. The van der Waals surface area contributed by atoms with Crippen LogP contribution in [0.15, 0.2) is 24.3 Å². The van der Waals surface area contributed by atoms with E-state index in [1.54, 1.807) is 0 Å². The van der Waals surface area contributed by atoms with Crippen LogP contribution in [0.1, 0.15) is 24.0 Å². The summed E-state index contributed by atoms with van der Waals surface area (Å²) >= 11 is 0. The second-order valence-electron chi connectivity index (χ2n) is 5.11. The molecule has 1 aromatic carbocycles. The molecular weight excluding hydrogens is 198 g/mol. The predicted octanol–water partition coefficient (Wildman–Crippen LogP) is 2.20. The van der Waals surface area contributed by atoms with Crippen molar-refractivity contribution in [1.82, 2.24) is 4.90 Å². The van der Waals surface area contributed by atoms with Crippen molar-refractivity contribution in [1.29, 1.82) is 0 Å². The smallest absolute Gasteiger partial charge is 0.0546 e. The molecule has 2 nitrogen and oxygen atoms in total. The lowest BCUT2D eigenvalue weighted by atomic mass is 9.82. The molecule has 0 radical (unpaired) electrons. The molecule has 0 amide bonds. The fourth-order valence-corrected chi connectivity index (χ4v) is 2.43. The van der Waals surface area contributed by atoms with Gasteiger partial charge in [0.15, 0.2) is 0 Å². The number of nitrogens with zero attached hydrogens (tertiary/aromatic N) is 1. The van der Waals surface area contributed by atoms with E-state index in [2.05, 4.69) is 43.1 Å². The first-order valence-corrected chi connectivity index (χ1v) is 6.06. The molecule has 88 valence electrons. The summed E-state index contributed by atoms with van der Waals surface area (Å²) in [5.41, 5.74) is 2.77. The highest BCUT2D eigenvalue weighted by Crippen LogP contribution is 2.28. The van der Waals surface area contributed by atoms with E-state index in [4.69, 9.17) is 0 Å². The van der Waals surface area contributed by atoms with Crippen LogP contribution in [0.2, 0.25) is 0 Å². The second kappa shape index (κ2) is 4.98. The Morgan fingerprint density at radius 3 is 2.62 bits per heavy atom. The highest BCUT2D eigenvalue weighted by molar-refractivity contribution is 5.25. The van der Waals surface area contributed by atoms with E-state index in [9.17, 15) is 5.11 Å². The number of hydrogen-bond donors (Lipinski definition) is 1. The minimum Gasteiger partial charge on any atom is -0.393 e. The van der Waals surface area contributed by atoms with Gasteiger partial charge < -0.3 is 10.0 Å². The maximum Gasteiger partial charge on any atom is 0.0546 e. The van der Waals surface area contributed by atoms with Crippen molar-refractivity contribution < 1.29 is 5.11 Å². The SMILES string of the molecule is Cc1ccccc1CN(C)CC1CC(O)C1. The van der Waals surface area contributed by atoms with E-state index in [-0.39, 0.29) is 6.10 Å². The summed E-state index contributed by atoms with van der Waals surface area (Å²) < 4.78 is 0. The Balaban J connectivity index is 1.83. The summed E-state index contributed by atoms with van der Waals surface area (Å²) in [5.74, 6) is 0.698. The van der Waals surface area contributed by atoms with Gasteiger partial charge >= 0.3 is 0 Å². The summed E-state index contributed by atoms with van der Waals surface area (Å²) in [6, 6.07) is 8.54. The number of aliphatic hydroxyl groups excluding tert-OH is 1. The van der Waals surface area contributed by atoms with E-state index in [1.165, 1.54) is 11.1 Å². The second-order valence-corrected chi connectivity index (χ2v) is 5.11. The lowest BCUT2D eigenvalue weighted by Crippen LogP contribution is -2.36. The fraction of sp³-hybridized carbons (Fsp3) is 0.571. The topological polar surface area (TPSA) is 23.5 Å². The van der Waals surface area contributed by atoms with E-state index in [0.29, 0.717) is 5.92 Å². The van der Waals surface area contributed by atoms with E-state index in [0.717, 1.165) is 25.9 Å². The molecule has 0 aromatic heterocycles. The van der Waals surface area contributed by atoms with Crippen molar-refractivity contribution in [3.8, 4) is 0 Å². The van der Waals surface area contributed by atoms with Crippen molar-refractivity contribution in [3.05, 3.63) is 35.4 Å². The molecule has 1 fully saturated rings. The summed E-state index contributed by atoms with van der Waals surface area (Å²) in [4.78, 5) is 2.36. The van der Waals surface area contributed by atoms with E-state index >= 15 is 0 Å². The lowest BCUT2D eigenvalue weighted by Gasteiger charge is -2.34. The average Bonchev–Trinajstić information content (AvgIpc) is 2.19. The van der Waals surface area contributed by atoms with Crippen LogP contribution in [0.25, 0.3) is 0 Å². The molecule has 2 heteroatoms. The number of hydrogen-bond acceptors (Lipinski definition) is 2. The van der Waals surface area contributed by atoms with E-state index < -0.39 is 0 Å². The minimum absolute atomic E-state index is 0.0307. The van der Waals surface area contributed by atoms with Gasteiger partial charge in [-0.05, 0) is 43.9 Å². The molecule has 0 aliphatic heterocycles. The van der Waals surface area contributed by atoms with Gasteiger partial charge in [0.05, 0.1) is 6.10 Å². The molecule has 1 N–H and O–H groups in total. The van der Waals surface area contributed by atoms with Gasteiger partial charge in [0.1, 0.15) is 0 Å². The Morgan fingerprint density at radius 1 is 1.31 bits per heavy atom. The number of aliphatic hydroxyl groups is 1. The van der Waals surface area contributed by atoms with E-state index in [1.807, 2.05) is 0 Å². The first kappa shape index (κ1) is 11.6. The molecular formula is C14H21NO. The summed E-state index contributed by atoms with van der Waals surface area (Å²) in [7, 11) is 2.16. The maximum atomic E-state index is 9.25. The number of benzene rings is 1. The largest absolute Gasteiger partial charge is 0.393 e. The van der Waals surface area contributed by atoms with Crippen LogP contribution >= 0.6 is 0 Å². The van der Waals surface area contributed by atoms with Crippen LogP contribution in [-0.2, 0) is 6.54 Å². The van der Waals surface area contributed by atoms with Gasteiger partial charge in [-0.25, -0.2) is 0 Å². The summed E-state index contributed by atoms with van der Waals surface area (Å²) in [5, 5.41) is 9.25. The molecule has 1 aromatic rings.